The molecule has 114 valence electrons. The molecule has 1 aliphatic rings. The van der Waals surface area contributed by atoms with Crippen molar-refractivity contribution < 1.29 is 9.13 Å². The molecule has 1 aliphatic heterocycles. The van der Waals surface area contributed by atoms with E-state index in [2.05, 4.69) is 9.88 Å². The van der Waals surface area contributed by atoms with Gasteiger partial charge in [-0.1, -0.05) is 23.1 Å². The predicted octanol–water partition coefficient (Wildman–Crippen LogP) is 2.83. The number of pyridine rings is 1. The molecular weight excluding hydrogens is 301 g/mol. The summed E-state index contributed by atoms with van der Waals surface area (Å²) in [5, 5.41) is 1.78. The van der Waals surface area contributed by atoms with Gasteiger partial charge in [0.05, 0.1) is 5.69 Å². The number of nitrogens with zero attached hydrogens (tertiary/aromatic N) is 2. The van der Waals surface area contributed by atoms with Crippen molar-refractivity contribution in [1.29, 1.82) is 0 Å². The Kier molecular flexibility index (Phi) is 4.55. The summed E-state index contributed by atoms with van der Waals surface area (Å²) in [4.78, 5) is 6.14. The maximum Gasteiger partial charge on any atom is 0.140 e. The molecule has 1 saturated heterocycles. The van der Waals surface area contributed by atoms with Crippen LogP contribution in [0.1, 0.15) is 19.8 Å². The van der Waals surface area contributed by atoms with Crippen molar-refractivity contribution in [2.24, 2.45) is 0 Å². The van der Waals surface area contributed by atoms with E-state index >= 15 is 0 Å². The summed E-state index contributed by atoms with van der Waals surface area (Å²) in [5.41, 5.74) is 0.622. The summed E-state index contributed by atoms with van der Waals surface area (Å²) in [6, 6.07) is 3.59. The lowest BCUT2D eigenvalue weighted by molar-refractivity contribution is 0.0845. The van der Waals surface area contributed by atoms with Crippen molar-refractivity contribution in [2.45, 2.75) is 25.8 Å². The number of halogens is 2. The molecule has 1 aromatic carbocycles. The molecule has 6 heteroatoms. The predicted molar refractivity (Wildman–Crippen MR) is 89.0 cm³/mol. The Bertz CT molecular complexity index is 691. The fraction of sp³-hybridized carbons (Fsp3) is 0.438. The number of ether oxygens (including phenoxy) is 1. The largest absolute Gasteiger partial charge is 0.381 e. The molecule has 22 heavy (non-hydrogen) atoms. The maximum atomic E-state index is 14.8. The fourth-order valence-corrected chi connectivity index (χ4v) is 3.35. The van der Waals surface area contributed by atoms with Gasteiger partial charge in [0.1, 0.15) is 18.8 Å². The highest BCUT2D eigenvalue weighted by Crippen LogP contribution is 2.34. The second kappa shape index (κ2) is 6.43. The minimum atomic E-state index is -0.386. The number of hydrogen-bond donors (Lipinski definition) is 0. The van der Waals surface area contributed by atoms with E-state index in [1.165, 1.54) is 0 Å². The smallest absolute Gasteiger partial charge is 0.140 e. The summed E-state index contributed by atoms with van der Waals surface area (Å²) in [6.45, 7) is 4.11. The molecule has 3 rings (SSSR count). The van der Waals surface area contributed by atoms with Crippen molar-refractivity contribution in [3.8, 4) is 0 Å². The zero-order chi connectivity index (χ0) is 15.7. The topological polar surface area (TPSA) is 25.4 Å². The lowest BCUT2D eigenvalue weighted by Crippen LogP contribution is -2.40. The first-order chi connectivity index (χ1) is 10.6. The molecule has 2 heterocycles. The van der Waals surface area contributed by atoms with Crippen LogP contribution in [0.5, 0.6) is 0 Å². The first-order valence-electron chi connectivity index (χ1n) is 7.50. The van der Waals surface area contributed by atoms with E-state index in [-0.39, 0.29) is 17.3 Å². The molecule has 3 nitrogen and oxygen atoms in total. The van der Waals surface area contributed by atoms with Gasteiger partial charge in [-0.25, -0.2) is 9.37 Å². The van der Waals surface area contributed by atoms with Crippen LogP contribution in [-0.4, -0.2) is 38.6 Å². The summed E-state index contributed by atoms with van der Waals surface area (Å²) < 4.78 is 20.2. The lowest BCUT2D eigenvalue weighted by Gasteiger charge is -2.36. The summed E-state index contributed by atoms with van der Waals surface area (Å²) in [7, 11) is 5.86. The van der Waals surface area contributed by atoms with Gasteiger partial charge in [0.2, 0.25) is 0 Å². The van der Waals surface area contributed by atoms with E-state index < -0.39 is 0 Å². The highest BCUT2D eigenvalue weighted by Gasteiger charge is 2.25. The van der Waals surface area contributed by atoms with Gasteiger partial charge in [-0.15, -0.1) is 0 Å². The highest BCUT2D eigenvalue weighted by molar-refractivity contribution is 6.38. The summed E-state index contributed by atoms with van der Waals surface area (Å²) >= 11 is 6.16. The molecule has 0 spiro atoms. The monoisotopic (exact) mass is 318 g/mol. The fourth-order valence-electron chi connectivity index (χ4n) is 3.14. The van der Waals surface area contributed by atoms with Crippen LogP contribution < -0.4 is 10.4 Å². The van der Waals surface area contributed by atoms with Crippen molar-refractivity contribution >= 4 is 41.4 Å². The van der Waals surface area contributed by atoms with E-state index in [0.717, 1.165) is 18.2 Å². The number of anilines is 1. The summed E-state index contributed by atoms with van der Waals surface area (Å²) in [6.07, 6.45) is 3.35. The number of aromatic nitrogens is 1. The van der Waals surface area contributed by atoms with Gasteiger partial charge in [-0.05, 0) is 25.8 Å². The van der Waals surface area contributed by atoms with Gasteiger partial charge in [-0.2, -0.15) is 0 Å². The van der Waals surface area contributed by atoms with Crippen LogP contribution in [0.25, 0.3) is 10.8 Å². The molecule has 2 radical (unpaired) electrons. The Morgan fingerprint density at radius 2 is 2.14 bits per heavy atom. The van der Waals surface area contributed by atoms with Crippen LogP contribution in [0, 0.1) is 5.82 Å². The van der Waals surface area contributed by atoms with E-state index in [1.807, 2.05) is 6.92 Å². The lowest BCUT2D eigenvalue weighted by atomic mass is 9.91. The maximum absolute atomic E-state index is 14.8. The zero-order valence-corrected chi connectivity index (χ0v) is 13.2. The second-order valence-electron chi connectivity index (χ2n) is 5.45. The Morgan fingerprint density at radius 3 is 2.82 bits per heavy atom. The quantitative estimate of drug-likeness (QED) is 0.643. The third-order valence-corrected chi connectivity index (χ3v) is 4.52. The summed E-state index contributed by atoms with van der Waals surface area (Å²) in [5.74, 6) is -0.386. The van der Waals surface area contributed by atoms with Crippen molar-refractivity contribution in [2.75, 3.05) is 24.7 Å². The van der Waals surface area contributed by atoms with Gasteiger partial charge in [0, 0.05) is 42.8 Å². The number of benzene rings is 1. The molecule has 2 aromatic rings. The van der Waals surface area contributed by atoms with Crippen LogP contribution in [-0.2, 0) is 4.74 Å². The number of rotatable bonds is 3. The molecule has 0 amide bonds. The highest BCUT2D eigenvalue weighted by atomic mass is 35.5. The van der Waals surface area contributed by atoms with Gasteiger partial charge in [-0.3, -0.25) is 0 Å². The SMILES string of the molecule is [B]c1cc2c(Cl)nccc2c(N(CC)C2CCOCC2)c1F. The van der Waals surface area contributed by atoms with Crippen molar-refractivity contribution in [1.82, 2.24) is 4.98 Å². The molecule has 1 fully saturated rings. The molecule has 0 unspecified atom stereocenters. The molecular formula is C16H17BClFN2O. The van der Waals surface area contributed by atoms with Gasteiger partial charge in [0.25, 0.3) is 0 Å². The number of fused-ring (bicyclic) bond motifs is 1. The van der Waals surface area contributed by atoms with Crippen LogP contribution in [0.2, 0.25) is 5.15 Å². The van der Waals surface area contributed by atoms with Crippen LogP contribution in [0.15, 0.2) is 18.3 Å². The van der Waals surface area contributed by atoms with E-state index in [0.29, 0.717) is 36.0 Å². The van der Waals surface area contributed by atoms with Gasteiger partial charge < -0.3 is 9.64 Å². The first-order valence-corrected chi connectivity index (χ1v) is 7.87. The zero-order valence-electron chi connectivity index (χ0n) is 12.5. The molecule has 1 aromatic heterocycles. The first kappa shape index (κ1) is 15.6. The van der Waals surface area contributed by atoms with E-state index in [1.54, 1.807) is 18.3 Å². The third-order valence-electron chi connectivity index (χ3n) is 4.22. The Hall–Kier alpha value is -1.33. The average Bonchev–Trinajstić information content (AvgIpc) is 2.54. The molecule has 0 aliphatic carbocycles. The van der Waals surface area contributed by atoms with E-state index in [9.17, 15) is 4.39 Å². The minimum absolute atomic E-state index is 0.0999. The second-order valence-corrected chi connectivity index (χ2v) is 5.81. The van der Waals surface area contributed by atoms with E-state index in [4.69, 9.17) is 24.2 Å². The molecule has 0 atom stereocenters. The molecule has 0 bridgehead atoms. The Labute approximate surface area is 135 Å². The van der Waals surface area contributed by atoms with Gasteiger partial charge >= 0.3 is 0 Å². The molecule has 0 saturated carbocycles. The standard InChI is InChI=1S/C16H17BClFN2O/c1-2-21(10-4-7-22-8-5-10)15-11-3-6-20-16(18)12(11)9-13(17)14(15)19/h3,6,9-10H,2,4-5,7-8H2,1H3. The Morgan fingerprint density at radius 1 is 1.41 bits per heavy atom. The minimum Gasteiger partial charge on any atom is -0.381 e. The average molecular weight is 319 g/mol. The van der Waals surface area contributed by atoms with Crippen molar-refractivity contribution in [3.63, 3.8) is 0 Å². The Balaban J connectivity index is 2.18. The number of hydrogen-bond acceptors (Lipinski definition) is 3. The van der Waals surface area contributed by atoms with Crippen LogP contribution in [0.3, 0.4) is 0 Å². The third kappa shape index (κ3) is 2.68. The molecule has 0 N–H and O–H groups in total. The van der Waals surface area contributed by atoms with Crippen molar-refractivity contribution in [3.05, 3.63) is 29.3 Å². The van der Waals surface area contributed by atoms with Gasteiger partial charge in [0.15, 0.2) is 0 Å². The van der Waals surface area contributed by atoms with Crippen LogP contribution in [0.4, 0.5) is 10.1 Å². The van der Waals surface area contributed by atoms with Crippen LogP contribution >= 0.6 is 11.6 Å². The normalized spacial score (nSPS) is 16.1.